The molecule has 0 radical (unpaired) electrons. The molecule has 4 aromatic rings. The Kier molecular flexibility index (Phi) is 2.24. The number of benzene rings is 2. The fraction of sp³-hybridized carbons (Fsp3) is 0.0556. The van der Waals surface area contributed by atoms with Crippen molar-refractivity contribution in [3.63, 3.8) is 0 Å². The molecule has 0 saturated carbocycles. The van der Waals surface area contributed by atoms with Gasteiger partial charge in [-0.05, 0) is 42.5 Å². The van der Waals surface area contributed by atoms with E-state index in [9.17, 15) is 0 Å². The first-order chi connectivity index (χ1) is 10.9. The number of para-hydroxylation sites is 2. The van der Waals surface area contributed by atoms with Gasteiger partial charge in [-0.15, -0.1) is 0 Å². The first-order valence-corrected chi connectivity index (χ1v) is 7.16. The Labute approximate surface area is 126 Å². The summed E-state index contributed by atoms with van der Waals surface area (Å²) in [6.45, 7) is 0.282. The average molecular weight is 288 g/mol. The molecule has 0 atom stereocenters. The topological polar surface area (TPSA) is 35.8 Å². The van der Waals surface area contributed by atoms with Gasteiger partial charge in [0.15, 0.2) is 11.5 Å². The van der Waals surface area contributed by atoms with Crippen LogP contribution in [-0.4, -0.2) is 16.2 Å². The molecule has 0 bridgehead atoms. The van der Waals surface area contributed by atoms with E-state index >= 15 is 0 Å². The second-order valence-electron chi connectivity index (χ2n) is 5.28. The summed E-state index contributed by atoms with van der Waals surface area (Å²) in [4.78, 5) is 4.85. The van der Waals surface area contributed by atoms with Gasteiger partial charge in [0.1, 0.15) is 0 Å². The van der Waals surface area contributed by atoms with Crippen molar-refractivity contribution in [3.8, 4) is 22.8 Å². The molecule has 4 nitrogen and oxygen atoms in total. The van der Waals surface area contributed by atoms with Crippen molar-refractivity contribution in [1.29, 1.82) is 0 Å². The van der Waals surface area contributed by atoms with Gasteiger partial charge >= 0.3 is 0 Å². The molecule has 2 aromatic carbocycles. The number of nitrogens with zero attached hydrogens (tertiary/aromatic N) is 2. The minimum atomic E-state index is 0.282. The summed E-state index contributed by atoms with van der Waals surface area (Å²) in [5.74, 6) is 1.56. The minimum absolute atomic E-state index is 0.282. The van der Waals surface area contributed by atoms with Crippen LogP contribution in [0.1, 0.15) is 0 Å². The smallest absolute Gasteiger partial charge is 0.231 e. The largest absolute Gasteiger partial charge is 0.454 e. The Hall–Kier alpha value is -3.01. The van der Waals surface area contributed by atoms with Crippen molar-refractivity contribution in [2.45, 2.75) is 0 Å². The Morgan fingerprint density at radius 3 is 2.73 bits per heavy atom. The van der Waals surface area contributed by atoms with Crippen molar-refractivity contribution in [3.05, 3.63) is 60.8 Å². The summed E-state index contributed by atoms with van der Waals surface area (Å²) in [5, 5.41) is 0. The highest BCUT2D eigenvalue weighted by molar-refractivity contribution is 5.88. The third-order valence-corrected chi connectivity index (χ3v) is 4.01. The molecule has 106 valence electrons. The van der Waals surface area contributed by atoms with Gasteiger partial charge in [0.05, 0.1) is 22.2 Å². The van der Waals surface area contributed by atoms with Crippen molar-refractivity contribution >= 4 is 16.6 Å². The Bertz CT molecular complexity index is 1020. The van der Waals surface area contributed by atoms with Gasteiger partial charge < -0.3 is 13.9 Å². The van der Waals surface area contributed by atoms with Crippen molar-refractivity contribution < 1.29 is 9.47 Å². The normalized spacial score (nSPS) is 13.1. The second kappa shape index (κ2) is 4.24. The molecule has 3 heterocycles. The summed E-state index contributed by atoms with van der Waals surface area (Å²) in [7, 11) is 0. The lowest BCUT2D eigenvalue weighted by molar-refractivity contribution is 0.174. The highest BCUT2D eigenvalue weighted by atomic mass is 16.7. The molecule has 5 rings (SSSR count). The SMILES string of the molecule is c1ccc2c(c1)nc(-c1ccc3c(c1)OCO3)c1cccn12. The molecule has 0 fully saturated rings. The lowest BCUT2D eigenvalue weighted by atomic mass is 10.1. The van der Waals surface area contributed by atoms with E-state index in [1.165, 1.54) is 0 Å². The van der Waals surface area contributed by atoms with Gasteiger partial charge in [0, 0.05) is 11.8 Å². The maximum Gasteiger partial charge on any atom is 0.231 e. The number of ether oxygens (including phenoxy) is 2. The van der Waals surface area contributed by atoms with E-state index in [1.807, 2.05) is 42.5 Å². The average Bonchev–Trinajstić information content (AvgIpc) is 3.22. The molecule has 0 saturated heterocycles. The summed E-state index contributed by atoms with van der Waals surface area (Å²) in [5.41, 5.74) is 5.13. The van der Waals surface area contributed by atoms with E-state index < -0.39 is 0 Å². The number of aromatic nitrogens is 2. The van der Waals surface area contributed by atoms with Gasteiger partial charge in [-0.2, -0.15) is 0 Å². The number of rotatable bonds is 1. The van der Waals surface area contributed by atoms with Crippen LogP contribution < -0.4 is 9.47 Å². The summed E-state index contributed by atoms with van der Waals surface area (Å²) in [6, 6.07) is 18.2. The highest BCUT2D eigenvalue weighted by Crippen LogP contribution is 2.37. The lowest BCUT2D eigenvalue weighted by Crippen LogP contribution is -1.94. The highest BCUT2D eigenvalue weighted by Gasteiger charge is 2.16. The van der Waals surface area contributed by atoms with Gasteiger partial charge in [-0.3, -0.25) is 0 Å². The quantitative estimate of drug-likeness (QED) is 0.533. The fourth-order valence-corrected chi connectivity index (χ4v) is 2.98. The van der Waals surface area contributed by atoms with Crippen LogP contribution in [-0.2, 0) is 0 Å². The summed E-state index contributed by atoms with van der Waals surface area (Å²) in [6.07, 6.45) is 2.07. The molecule has 2 aromatic heterocycles. The van der Waals surface area contributed by atoms with Crippen LogP contribution >= 0.6 is 0 Å². The number of fused-ring (bicyclic) bond motifs is 4. The maximum absolute atomic E-state index is 5.48. The third kappa shape index (κ3) is 1.55. The summed E-state index contributed by atoms with van der Waals surface area (Å²) < 4.78 is 13.0. The minimum Gasteiger partial charge on any atom is -0.454 e. The van der Waals surface area contributed by atoms with Crippen LogP contribution in [0.25, 0.3) is 27.8 Å². The van der Waals surface area contributed by atoms with Gasteiger partial charge in [-0.25, -0.2) is 4.98 Å². The van der Waals surface area contributed by atoms with Crippen molar-refractivity contribution in [2.75, 3.05) is 6.79 Å². The number of hydrogen-bond donors (Lipinski definition) is 0. The lowest BCUT2D eigenvalue weighted by Gasteiger charge is -2.09. The zero-order chi connectivity index (χ0) is 14.5. The molecule has 1 aliphatic rings. The molecule has 0 spiro atoms. The molecule has 1 aliphatic heterocycles. The molecule has 0 N–H and O–H groups in total. The van der Waals surface area contributed by atoms with Crippen molar-refractivity contribution in [1.82, 2.24) is 9.38 Å². The van der Waals surface area contributed by atoms with Crippen LogP contribution in [0.2, 0.25) is 0 Å². The third-order valence-electron chi connectivity index (χ3n) is 4.01. The zero-order valence-electron chi connectivity index (χ0n) is 11.7. The molecular formula is C18H12N2O2. The number of hydrogen-bond acceptors (Lipinski definition) is 3. The predicted molar refractivity (Wildman–Crippen MR) is 84.3 cm³/mol. The fourth-order valence-electron chi connectivity index (χ4n) is 2.98. The van der Waals surface area contributed by atoms with Crippen LogP contribution in [0.3, 0.4) is 0 Å². The van der Waals surface area contributed by atoms with Gasteiger partial charge in [-0.1, -0.05) is 12.1 Å². The van der Waals surface area contributed by atoms with E-state index in [1.54, 1.807) is 0 Å². The van der Waals surface area contributed by atoms with Crippen LogP contribution in [0, 0.1) is 0 Å². The van der Waals surface area contributed by atoms with Gasteiger partial charge in [0.2, 0.25) is 6.79 Å². The van der Waals surface area contributed by atoms with E-state index in [-0.39, 0.29) is 6.79 Å². The summed E-state index contributed by atoms with van der Waals surface area (Å²) >= 11 is 0. The molecular weight excluding hydrogens is 276 g/mol. The maximum atomic E-state index is 5.48. The van der Waals surface area contributed by atoms with Crippen LogP contribution in [0.15, 0.2) is 60.8 Å². The first-order valence-electron chi connectivity index (χ1n) is 7.16. The monoisotopic (exact) mass is 288 g/mol. The van der Waals surface area contributed by atoms with E-state index in [0.717, 1.165) is 39.3 Å². The molecule has 0 aliphatic carbocycles. The Morgan fingerprint density at radius 1 is 0.864 bits per heavy atom. The molecule has 22 heavy (non-hydrogen) atoms. The second-order valence-corrected chi connectivity index (χ2v) is 5.28. The van der Waals surface area contributed by atoms with E-state index in [0.29, 0.717) is 0 Å². The van der Waals surface area contributed by atoms with Crippen LogP contribution in [0.5, 0.6) is 11.5 Å². The van der Waals surface area contributed by atoms with E-state index in [4.69, 9.17) is 14.5 Å². The Balaban J connectivity index is 1.84. The first kappa shape index (κ1) is 11.6. The standard InChI is InChI=1S/C18H12N2O2/c1-2-5-14-13(4-1)19-18(15-6-3-9-20(14)15)12-7-8-16-17(10-12)22-11-21-16/h1-10H,11H2. The van der Waals surface area contributed by atoms with Gasteiger partial charge in [0.25, 0.3) is 0 Å². The molecule has 4 heteroatoms. The molecule has 0 unspecified atom stereocenters. The molecule has 0 amide bonds. The van der Waals surface area contributed by atoms with Crippen LogP contribution in [0.4, 0.5) is 0 Å². The zero-order valence-corrected chi connectivity index (χ0v) is 11.7. The van der Waals surface area contributed by atoms with E-state index in [2.05, 4.69) is 22.7 Å². The Morgan fingerprint density at radius 2 is 1.73 bits per heavy atom. The van der Waals surface area contributed by atoms with Crippen molar-refractivity contribution in [2.24, 2.45) is 0 Å². The predicted octanol–water partition coefficient (Wildman–Crippen LogP) is 3.88.